The molecule has 1 rings (SSSR count). The Bertz CT molecular complexity index is 433. The van der Waals surface area contributed by atoms with Gasteiger partial charge < -0.3 is 14.7 Å². The first-order chi connectivity index (χ1) is 8.82. The van der Waals surface area contributed by atoms with Crippen LogP contribution >= 0.6 is 0 Å². The number of benzene rings is 1. The fourth-order valence-corrected chi connectivity index (χ4v) is 2.23. The Kier molecular flexibility index (Phi) is 5.01. The number of aliphatic hydroxyl groups excluding tert-OH is 1. The molecule has 0 aliphatic carbocycles. The third kappa shape index (κ3) is 3.51. The van der Waals surface area contributed by atoms with Gasteiger partial charge in [-0.15, -0.1) is 6.58 Å². The Labute approximate surface area is 116 Å². The molecule has 1 N–H and O–H groups in total. The highest BCUT2D eigenvalue weighted by Gasteiger charge is 2.25. The fraction of sp³-hybridized carbons (Fsp3) is 0.500. The van der Waals surface area contributed by atoms with Crippen LogP contribution in [0.1, 0.15) is 39.4 Å². The molecule has 0 heterocycles. The molecular weight excluding hydrogens is 238 g/mol. The summed E-state index contributed by atoms with van der Waals surface area (Å²) < 4.78 is 5.38. The number of anilines is 1. The minimum Gasteiger partial charge on any atom is -0.496 e. The SMILES string of the molecule is C=CCN(c1cccc(OC)c1[C@@H](C)O)C(C)(C)C. The van der Waals surface area contributed by atoms with Crippen molar-refractivity contribution >= 4 is 5.69 Å². The molecule has 0 aromatic heterocycles. The smallest absolute Gasteiger partial charge is 0.126 e. The molecule has 19 heavy (non-hydrogen) atoms. The minimum absolute atomic E-state index is 0.0653. The number of nitrogens with zero attached hydrogens (tertiary/aromatic N) is 1. The molecule has 1 atom stereocenters. The van der Waals surface area contributed by atoms with Gasteiger partial charge in [-0.3, -0.25) is 0 Å². The van der Waals surface area contributed by atoms with Crippen LogP contribution < -0.4 is 9.64 Å². The maximum absolute atomic E-state index is 10.1. The standard InChI is InChI=1S/C16H25NO2/c1-7-11-17(16(3,4)5)13-9-8-10-14(19-6)15(13)12(2)18/h7-10,12,18H,1,11H2,2-6H3/t12-/m1/s1. The van der Waals surface area contributed by atoms with E-state index in [1.807, 2.05) is 24.3 Å². The molecule has 0 saturated heterocycles. The second-order valence-electron chi connectivity index (χ2n) is 5.64. The summed E-state index contributed by atoms with van der Waals surface area (Å²) in [6.07, 6.45) is 1.29. The van der Waals surface area contributed by atoms with Crippen molar-refractivity contribution in [2.75, 3.05) is 18.6 Å². The first-order valence-corrected chi connectivity index (χ1v) is 6.56. The molecule has 0 aliphatic rings. The van der Waals surface area contributed by atoms with Crippen molar-refractivity contribution in [1.29, 1.82) is 0 Å². The zero-order chi connectivity index (χ0) is 14.6. The molecule has 1 aromatic rings. The maximum Gasteiger partial charge on any atom is 0.126 e. The van der Waals surface area contributed by atoms with Gasteiger partial charge in [0, 0.05) is 23.3 Å². The molecule has 106 valence electrons. The number of ether oxygens (including phenoxy) is 1. The van der Waals surface area contributed by atoms with Gasteiger partial charge in [0.15, 0.2) is 0 Å². The molecule has 1 aromatic carbocycles. The Morgan fingerprint density at radius 2 is 2.05 bits per heavy atom. The molecule has 0 amide bonds. The van der Waals surface area contributed by atoms with Gasteiger partial charge in [-0.25, -0.2) is 0 Å². The van der Waals surface area contributed by atoms with Crippen LogP contribution in [0, 0.1) is 0 Å². The lowest BCUT2D eigenvalue weighted by atomic mass is 9.99. The van der Waals surface area contributed by atoms with Crippen molar-refractivity contribution in [2.24, 2.45) is 0 Å². The second kappa shape index (κ2) is 6.11. The lowest BCUT2D eigenvalue weighted by Crippen LogP contribution is -2.42. The van der Waals surface area contributed by atoms with Gasteiger partial charge in [0.25, 0.3) is 0 Å². The van der Waals surface area contributed by atoms with Crippen molar-refractivity contribution in [1.82, 2.24) is 0 Å². The van der Waals surface area contributed by atoms with E-state index >= 15 is 0 Å². The van der Waals surface area contributed by atoms with Crippen molar-refractivity contribution in [3.63, 3.8) is 0 Å². The number of hydrogen-bond donors (Lipinski definition) is 1. The highest BCUT2D eigenvalue weighted by Crippen LogP contribution is 2.37. The number of hydrogen-bond acceptors (Lipinski definition) is 3. The third-order valence-electron chi connectivity index (χ3n) is 3.09. The number of rotatable bonds is 5. The number of aliphatic hydroxyl groups is 1. The van der Waals surface area contributed by atoms with Gasteiger partial charge in [0.2, 0.25) is 0 Å². The van der Waals surface area contributed by atoms with E-state index in [1.165, 1.54) is 0 Å². The normalized spacial score (nSPS) is 12.9. The van der Waals surface area contributed by atoms with Crippen LogP contribution in [0.3, 0.4) is 0 Å². The maximum atomic E-state index is 10.1. The Hall–Kier alpha value is -1.48. The van der Waals surface area contributed by atoms with Crippen molar-refractivity contribution < 1.29 is 9.84 Å². The van der Waals surface area contributed by atoms with Gasteiger partial charge in [-0.1, -0.05) is 12.1 Å². The van der Waals surface area contributed by atoms with Crippen molar-refractivity contribution in [3.8, 4) is 5.75 Å². The first-order valence-electron chi connectivity index (χ1n) is 6.56. The summed E-state index contributed by atoms with van der Waals surface area (Å²) in [5, 5.41) is 10.1. The van der Waals surface area contributed by atoms with E-state index in [1.54, 1.807) is 14.0 Å². The predicted molar refractivity (Wildman–Crippen MR) is 80.9 cm³/mol. The highest BCUT2D eigenvalue weighted by atomic mass is 16.5. The lowest BCUT2D eigenvalue weighted by Gasteiger charge is -2.39. The highest BCUT2D eigenvalue weighted by molar-refractivity contribution is 5.62. The van der Waals surface area contributed by atoms with Crippen LogP contribution in [0.25, 0.3) is 0 Å². The van der Waals surface area contributed by atoms with E-state index in [0.717, 1.165) is 17.8 Å². The summed E-state index contributed by atoms with van der Waals surface area (Å²) in [4.78, 5) is 2.21. The minimum atomic E-state index is -0.583. The molecule has 0 radical (unpaired) electrons. The van der Waals surface area contributed by atoms with E-state index in [4.69, 9.17) is 4.74 Å². The quantitative estimate of drug-likeness (QED) is 0.825. The summed E-state index contributed by atoms with van der Waals surface area (Å²) in [6.45, 7) is 12.7. The molecule has 0 unspecified atom stereocenters. The largest absolute Gasteiger partial charge is 0.496 e. The van der Waals surface area contributed by atoms with Crippen LogP contribution in [-0.2, 0) is 0 Å². The van der Waals surface area contributed by atoms with Crippen LogP contribution in [0.15, 0.2) is 30.9 Å². The average molecular weight is 263 g/mol. The van der Waals surface area contributed by atoms with E-state index < -0.39 is 6.10 Å². The second-order valence-corrected chi connectivity index (χ2v) is 5.64. The first kappa shape index (κ1) is 15.6. The van der Waals surface area contributed by atoms with E-state index in [2.05, 4.69) is 32.3 Å². The summed E-state index contributed by atoms with van der Waals surface area (Å²) in [5.41, 5.74) is 1.74. The van der Waals surface area contributed by atoms with Crippen LogP contribution in [0.5, 0.6) is 5.75 Å². The number of methoxy groups -OCH3 is 1. The molecule has 3 heteroatoms. The zero-order valence-corrected chi connectivity index (χ0v) is 12.6. The van der Waals surface area contributed by atoms with Crippen LogP contribution in [-0.4, -0.2) is 24.3 Å². The van der Waals surface area contributed by atoms with Gasteiger partial charge in [-0.2, -0.15) is 0 Å². The summed E-state index contributed by atoms with van der Waals surface area (Å²) in [7, 11) is 1.62. The molecule has 0 saturated carbocycles. The monoisotopic (exact) mass is 263 g/mol. The topological polar surface area (TPSA) is 32.7 Å². The van der Waals surface area contributed by atoms with Gasteiger partial charge in [-0.05, 0) is 39.8 Å². The average Bonchev–Trinajstić information content (AvgIpc) is 2.33. The zero-order valence-electron chi connectivity index (χ0n) is 12.6. The van der Waals surface area contributed by atoms with Gasteiger partial charge in [0.05, 0.1) is 13.2 Å². The predicted octanol–water partition coefficient (Wildman–Crippen LogP) is 3.54. The molecule has 0 aliphatic heterocycles. The molecule has 0 bridgehead atoms. The lowest BCUT2D eigenvalue weighted by molar-refractivity contribution is 0.194. The fourth-order valence-electron chi connectivity index (χ4n) is 2.23. The molecule has 3 nitrogen and oxygen atoms in total. The van der Waals surface area contributed by atoms with E-state index in [9.17, 15) is 5.11 Å². The van der Waals surface area contributed by atoms with Crippen LogP contribution in [0.4, 0.5) is 5.69 Å². The van der Waals surface area contributed by atoms with Gasteiger partial charge >= 0.3 is 0 Å². The van der Waals surface area contributed by atoms with E-state index in [0.29, 0.717) is 5.75 Å². The Balaban J connectivity index is 3.41. The molecule has 0 fully saturated rings. The van der Waals surface area contributed by atoms with Gasteiger partial charge in [0.1, 0.15) is 5.75 Å². The third-order valence-corrected chi connectivity index (χ3v) is 3.09. The van der Waals surface area contributed by atoms with Crippen LogP contribution in [0.2, 0.25) is 0 Å². The van der Waals surface area contributed by atoms with Crippen molar-refractivity contribution in [2.45, 2.75) is 39.3 Å². The molecular formula is C16H25NO2. The summed E-state index contributed by atoms with van der Waals surface area (Å²) in [6, 6.07) is 5.83. The van der Waals surface area contributed by atoms with E-state index in [-0.39, 0.29) is 5.54 Å². The summed E-state index contributed by atoms with van der Waals surface area (Å²) in [5.74, 6) is 0.714. The Morgan fingerprint density at radius 3 is 2.47 bits per heavy atom. The summed E-state index contributed by atoms with van der Waals surface area (Å²) >= 11 is 0. The Morgan fingerprint density at radius 1 is 1.42 bits per heavy atom. The van der Waals surface area contributed by atoms with Crippen molar-refractivity contribution in [3.05, 3.63) is 36.4 Å². The molecule has 0 spiro atoms.